The second kappa shape index (κ2) is 7.20. The van der Waals surface area contributed by atoms with Crippen molar-refractivity contribution in [2.45, 2.75) is 32.2 Å². The standard InChI is InChI=1S/C17H26N2O3S/c1-14(19-9-6-16-4-2-3-5-17(16)19)12-18-23(20,21)13-15-7-10-22-11-8-15/h2-5,14-15,18H,6-13H2,1H3. The van der Waals surface area contributed by atoms with Crippen molar-refractivity contribution >= 4 is 15.7 Å². The first-order chi connectivity index (χ1) is 11.1. The molecule has 6 heteroatoms. The third kappa shape index (κ3) is 4.25. The lowest BCUT2D eigenvalue weighted by Crippen LogP contribution is -2.43. The highest BCUT2D eigenvalue weighted by atomic mass is 32.2. The largest absolute Gasteiger partial charge is 0.381 e. The summed E-state index contributed by atoms with van der Waals surface area (Å²) in [6, 6.07) is 8.53. The summed E-state index contributed by atoms with van der Waals surface area (Å²) in [6.45, 7) is 4.86. The highest BCUT2D eigenvalue weighted by Gasteiger charge is 2.25. The third-order valence-corrected chi connectivity index (χ3v) is 6.37. The first-order valence-corrected chi connectivity index (χ1v) is 10.1. The van der Waals surface area contributed by atoms with Crippen LogP contribution < -0.4 is 9.62 Å². The molecule has 23 heavy (non-hydrogen) atoms. The number of anilines is 1. The van der Waals surface area contributed by atoms with Crippen LogP contribution in [0.15, 0.2) is 24.3 Å². The molecule has 0 saturated carbocycles. The Morgan fingerprint density at radius 1 is 1.30 bits per heavy atom. The molecule has 1 atom stereocenters. The number of fused-ring (bicyclic) bond motifs is 1. The Morgan fingerprint density at radius 3 is 2.83 bits per heavy atom. The van der Waals surface area contributed by atoms with Crippen LogP contribution in [0.5, 0.6) is 0 Å². The van der Waals surface area contributed by atoms with Gasteiger partial charge in [0.05, 0.1) is 5.75 Å². The van der Waals surface area contributed by atoms with Crippen LogP contribution in [0.25, 0.3) is 0 Å². The minimum atomic E-state index is -3.22. The van der Waals surface area contributed by atoms with Crippen LogP contribution in [0, 0.1) is 5.92 Å². The Morgan fingerprint density at radius 2 is 2.04 bits per heavy atom. The van der Waals surface area contributed by atoms with Gasteiger partial charge in [-0.05, 0) is 43.7 Å². The van der Waals surface area contributed by atoms with E-state index in [1.807, 2.05) is 6.07 Å². The van der Waals surface area contributed by atoms with Crippen molar-refractivity contribution in [3.63, 3.8) is 0 Å². The second-order valence-electron chi connectivity index (χ2n) is 6.61. The highest BCUT2D eigenvalue weighted by molar-refractivity contribution is 7.89. The van der Waals surface area contributed by atoms with Crippen LogP contribution in [0.4, 0.5) is 5.69 Å². The second-order valence-corrected chi connectivity index (χ2v) is 8.46. The fraction of sp³-hybridized carbons (Fsp3) is 0.647. The summed E-state index contributed by atoms with van der Waals surface area (Å²) in [7, 11) is -3.22. The van der Waals surface area contributed by atoms with Gasteiger partial charge in [0.15, 0.2) is 0 Å². The molecule has 128 valence electrons. The summed E-state index contributed by atoms with van der Waals surface area (Å²) in [5.74, 6) is 0.448. The van der Waals surface area contributed by atoms with Crippen molar-refractivity contribution in [3.8, 4) is 0 Å². The Kier molecular flexibility index (Phi) is 5.24. The SMILES string of the molecule is CC(CNS(=O)(=O)CC1CCOCC1)N1CCc2ccccc21. The van der Waals surface area contributed by atoms with E-state index in [4.69, 9.17) is 4.74 Å². The molecule has 0 aromatic heterocycles. The van der Waals surface area contributed by atoms with Gasteiger partial charge in [0.2, 0.25) is 10.0 Å². The number of para-hydroxylation sites is 1. The number of hydrogen-bond acceptors (Lipinski definition) is 4. The first kappa shape index (κ1) is 16.7. The number of nitrogens with one attached hydrogen (secondary N) is 1. The summed E-state index contributed by atoms with van der Waals surface area (Å²) in [6.07, 6.45) is 2.72. The van der Waals surface area contributed by atoms with E-state index in [1.165, 1.54) is 11.3 Å². The van der Waals surface area contributed by atoms with Gasteiger partial charge >= 0.3 is 0 Å². The molecule has 0 bridgehead atoms. The number of rotatable bonds is 6. The van der Waals surface area contributed by atoms with Crippen LogP contribution in [-0.2, 0) is 21.2 Å². The zero-order valence-electron chi connectivity index (χ0n) is 13.7. The molecular weight excluding hydrogens is 312 g/mol. The Hall–Kier alpha value is -1.11. The lowest BCUT2D eigenvalue weighted by atomic mass is 10.0. The van der Waals surface area contributed by atoms with Gasteiger partial charge in [0, 0.05) is 38.0 Å². The van der Waals surface area contributed by atoms with Crippen LogP contribution in [-0.4, -0.2) is 46.5 Å². The van der Waals surface area contributed by atoms with Crippen molar-refractivity contribution in [3.05, 3.63) is 29.8 Å². The minimum absolute atomic E-state index is 0.156. The molecule has 0 aliphatic carbocycles. The van der Waals surface area contributed by atoms with E-state index in [0.29, 0.717) is 19.8 Å². The van der Waals surface area contributed by atoms with Crippen LogP contribution in [0.3, 0.4) is 0 Å². The van der Waals surface area contributed by atoms with Gasteiger partial charge in [-0.2, -0.15) is 0 Å². The zero-order chi connectivity index (χ0) is 16.3. The van der Waals surface area contributed by atoms with E-state index in [-0.39, 0.29) is 17.7 Å². The number of ether oxygens (including phenoxy) is 1. The Bertz CT molecular complexity index is 626. The van der Waals surface area contributed by atoms with Gasteiger partial charge in [0.25, 0.3) is 0 Å². The molecule has 3 rings (SSSR count). The van der Waals surface area contributed by atoms with Crippen molar-refractivity contribution in [2.24, 2.45) is 5.92 Å². The average Bonchev–Trinajstić information content (AvgIpc) is 2.97. The summed E-state index contributed by atoms with van der Waals surface area (Å²) in [4.78, 5) is 2.30. The highest BCUT2D eigenvalue weighted by Crippen LogP contribution is 2.29. The molecule has 2 aliphatic rings. The number of benzene rings is 1. The Labute approximate surface area is 139 Å². The summed E-state index contributed by atoms with van der Waals surface area (Å²) in [5, 5.41) is 0. The topological polar surface area (TPSA) is 58.6 Å². The summed E-state index contributed by atoms with van der Waals surface area (Å²) >= 11 is 0. The molecule has 1 N–H and O–H groups in total. The molecule has 0 spiro atoms. The maximum Gasteiger partial charge on any atom is 0.211 e. The normalized spacial score (nSPS) is 20.5. The predicted molar refractivity (Wildman–Crippen MR) is 92.3 cm³/mol. The summed E-state index contributed by atoms with van der Waals surface area (Å²) in [5.41, 5.74) is 2.59. The molecule has 2 heterocycles. The monoisotopic (exact) mass is 338 g/mol. The van der Waals surface area contributed by atoms with Crippen molar-refractivity contribution < 1.29 is 13.2 Å². The molecule has 1 fully saturated rings. The van der Waals surface area contributed by atoms with Crippen molar-refractivity contribution in [2.75, 3.05) is 37.0 Å². The van der Waals surface area contributed by atoms with Gasteiger partial charge in [-0.3, -0.25) is 0 Å². The molecule has 1 aromatic rings. The molecular formula is C17H26N2O3S. The number of sulfonamides is 1. The van der Waals surface area contributed by atoms with Crippen LogP contribution in [0.1, 0.15) is 25.3 Å². The molecule has 1 unspecified atom stereocenters. The molecule has 1 saturated heterocycles. The maximum absolute atomic E-state index is 12.3. The van der Waals surface area contributed by atoms with Gasteiger partial charge in [-0.1, -0.05) is 18.2 Å². The molecule has 0 radical (unpaired) electrons. The molecule has 1 aromatic carbocycles. The van der Waals surface area contributed by atoms with Crippen LogP contribution >= 0.6 is 0 Å². The third-order valence-electron chi connectivity index (χ3n) is 4.85. The van der Waals surface area contributed by atoms with Gasteiger partial charge < -0.3 is 9.64 Å². The van der Waals surface area contributed by atoms with E-state index in [1.54, 1.807) is 0 Å². The van der Waals surface area contributed by atoms with Crippen LogP contribution in [0.2, 0.25) is 0 Å². The van der Waals surface area contributed by atoms with Gasteiger partial charge in [-0.15, -0.1) is 0 Å². The average molecular weight is 338 g/mol. The van der Waals surface area contributed by atoms with E-state index >= 15 is 0 Å². The van der Waals surface area contributed by atoms with Crippen molar-refractivity contribution in [1.29, 1.82) is 0 Å². The van der Waals surface area contributed by atoms with E-state index < -0.39 is 10.0 Å². The van der Waals surface area contributed by atoms with Gasteiger partial charge in [0.1, 0.15) is 0 Å². The fourth-order valence-electron chi connectivity index (χ4n) is 3.46. The van der Waals surface area contributed by atoms with E-state index in [0.717, 1.165) is 25.8 Å². The lowest BCUT2D eigenvalue weighted by Gasteiger charge is -2.28. The first-order valence-electron chi connectivity index (χ1n) is 8.45. The zero-order valence-corrected chi connectivity index (χ0v) is 14.5. The smallest absolute Gasteiger partial charge is 0.211 e. The molecule has 5 nitrogen and oxygen atoms in total. The lowest BCUT2D eigenvalue weighted by molar-refractivity contribution is 0.0723. The minimum Gasteiger partial charge on any atom is -0.381 e. The predicted octanol–water partition coefficient (Wildman–Crippen LogP) is 1.78. The summed E-state index contributed by atoms with van der Waals surface area (Å²) < 4.78 is 32.7. The molecule has 0 amide bonds. The Balaban J connectivity index is 1.53. The number of hydrogen-bond donors (Lipinski definition) is 1. The van der Waals surface area contributed by atoms with E-state index in [2.05, 4.69) is 34.7 Å². The number of nitrogens with zero attached hydrogens (tertiary/aromatic N) is 1. The molecule has 2 aliphatic heterocycles. The van der Waals surface area contributed by atoms with Crippen molar-refractivity contribution in [1.82, 2.24) is 4.72 Å². The van der Waals surface area contributed by atoms with Gasteiger partial charge in [-0.25, -0.2) is 13.1 Å². The quantitative estimate of drug-likeness (QED) is 0.859. The maximum atomic E-state index is 12.3. The van der Waals surface area contributed by atoms with E-state index in [9.17, 15) is 8.42 Å². The fourth-order valence-corrected chi connectivity index (χ4v) is 5.03.